The highest BCUT2D eigenvalue weighted by Crippen LogP contribution is 2.22. The zero-order chi connectivity index (χ0) is 14.5. The third-order valence-corrected chi connectivity index (χ3v) is 5.11. The van der Waals surface area contributed by atoms with Gasteiger partial charge in [-0.25, -0.2) is 0 Å². The molecule has 1 aromatic carbocycles. The number of hydrogen-bond donors (Lipinski definition) is 1. The van der Waals surface area contributed by atoms with Crippen LogP contribution in [0.4, 0.5) is 0 Å². The second-order valence-corrected chi connectivity index (χ2v) is 6.70. The Morgan fingerprint density at radius 2 is 2.24 bits per heavy atom. The number of carbonyl (C=O) groups excluding carboxylic acids is 1. The lowest BCUT2D eigenvalue weighted by Crippen LogP contribution is -2.50. The van der Waals surface area contributed by atoms with Crippen molar-refractivity contribution in [3.8, 4) is 0 Å². The Hall–Kier alpha value is -1.04. The molecule has 0 spiro atoms. The minimum atomic E-state index is 0.0796. The molecule has 0 aromatic heterocycles. The maximum Gasteiger partial charge on any atom is 0.230 e. The first-order chi connectivity index (χ1) is 10.3. The number of thioether (sulfide) groups is 1. The smallest absolute Gasteiger partial charge is 0.230 e. The number of nitrogens with one attached hydrogen (secondary N) is 1. The van der Waals surface area contributed by atoms with Gasteiger partial charge in [-0.05, 0) is 31.5 Å². The molecule has 0 unspecified atom stereocenters. The van der Waals surface area contributed by atoms with Crippen LogP contribution in [0.5, 0.6) is 0 Å². The zero-order valence-electron chi connectivity index (χ0n) is 12.2. The van der Waals surface area contributed by atoms with Gasteiger partial charge in [0.15, 0.2) is 0 Å². The van der Waals surface area contributed by atoms with Gasteiger partial charge in [0.2, 0.25) is 5.91 Å². The Morgan fingerprint density at radius 1 is 1.38 bits per heavy atom. The topological polar surface area (TPSA) is 41.6 Å². The number of carbonyl (C=O) groups is 1. The molecule has 2 aliphatic rings. The molecular weight excluding hydrogens is 284 g/mol. The van der Waals surface area contributed by atoms with Crippen molar-refractivity contribution in [2.45, 2.75) is 29.9 Å². The monoisotopic (exact) mass is 306 g/mol. The number of rotatable bonds is 5. The van der Waals surface area contributed by atoms with Crippen LogP contribution in [0.1, 0.15) is 12.8 Å². The zero-order valence-corrected chi connectivity index (χ0v) is 13.0. The van der Waals surface area contributed by atoms with Crippen LogP contribution in [0.25, 0.3) is 0 Å². The van der Waals surface area contributed by atoms with Crippen molar-refractivity contribution < 1.29 is 9.53 Å². The Labute approximate surface area is 130 Å². The highest BCUT2D eigenvalue weighted by Gasteiger charge is 2.32. The molecule has 0 aliphatic carbocycles. The third kappa shape index (κ3) is 4.22. The minimum Gasteiger partial charge on any atom is -0.373 e. The fraction of sp³-hybridized carbons (Fsp3) is 0.562. The second-order valence-electron chi connectivity index (χ2n) is 5.65. The van der Waals surface area contributed by atoms with Crippen LogP contribution in [-0.4, -0.2) is 54.9 Å². The molecule has 21 heavy (non-hydrogen) atoms. The molecule has 3 rings (SSSR count). The number of ether oxygens (including phenoxy) is 1. The van der Waals surface area contributed by atoms with Crippen molar-refractivity contribution >= 4 is 17.7 Å². The normalized spacial score (nSPS) is 25.5. The van der Waals surface area contributed by atoms with Crippen LogP contribution in [0.3, 0.4) is 0 Å². The van der Waals surface area contributed by atoms with Gasteiger partial charge in [-0.3, -0.25) is 9.69 Å². The summed E-state index contributed by atoms with van der Waals surface area (Å²) in [5.74, 6) is 0.541. The van der Waals surface area contributed by atoms with Crippen LogP contribution >= 0.6 is 11.8 Å². The molecule has 0 radical (unpaired) electrons. The molecule has 2 saturated heterocycles. The van der Waals surface area contributed by atoms with E-state index in [1.54, 1.807) is 11.8 Å². The summed E-state index contributed by atoms with van der Waals surface area (Å²) < 4.78 is 5.84. The maximum absolute atomic E-state index is 11.9. The van der Waals surface area contributed by atoms with Gasteiger partial charge < -0.3 is 10.1 Å². The molecule has 2 heterocycles. The molecule has 2 fully saturated rings. The average Bonchev–Trinajstić information content (AvgIpc) is 2.99. The largest absolute Gasteiger partial charge is 0.373 e. The highest BCUT2D eigenvalue weighted by atomic mass is 32.2. The van der Waals surface area contributed by atoms with Gasteiger partial charge in [0.25, 0.3) is 0 Å². The average molecular weight is 306 g/mol. The van der Waals surface area contributed by atoms with E-state index in [1.807, 2.05) is 30.3 Å². The number of benzene rings is 1. The van der Waals surface area contributed by atoms with Crippen molar-refractivity contribution in [3.05, 3.63) is 30.3 Å². The van der Waals surface area contributed by atoms with Gasteiger partial charge >= 0.3 is 0 Å². The summed E-state index contributed by atoms with van der Waals surface area (Å²) in [6.07, 6.45) is 2.68. The lowest BCUT2D eigenvalue weighted by atomic mass is 10.2. The van der Waals surface area contributed by atoms with Gasteiger partial charge in [-0.1, -0.05) is 18.2 Å². The van der Waals surface area contributed by atoms with E-state index in [0.29, 0.717) is 18.3 Å². The molecule has 5 heteroatoms. The van der Waals surface area contributed by atoms with Crippen LogP contribution in [0.2, 0.25) is 0 Å². The van der Waals surface area contributed by atoms with Gasteiger partial charge in [0, 0.05) is 24.0 Å². The second kappa shape index (κ2) is 7.29. The highest BCUT2D eigenvalue weighted by molar-refractivity contribution is 8.00. The van der Waals surface area contributed by atoms with Crippen LogP contribution in [0.15, 0.2) is 35.2 Å². The lowest BCUT2D eigenvalue weighted by molar-refractivity contribution is -0.120. The number of amides is 1. The van der Waals surface area contributed by atoms with E-state index in [-0.39, 0.29) is 12.0 Å². The Bertz CT molecular complexity index is 469. The molecule has 1 aromatic rings. The molecule has 1 N–H and O–H groups in total. The van der Waals surface area contributed by atoms with Crippen molar-refractivity contribution in [1.29, 1.82) is 0 Å². The molecule has 0 saturated carbocycles. The molecular formula is C16H22N2O2S. The van der Waals surface area contributed by atoms with E-state index in [9.17, 15) is 4.79 Å². The number of hydrogen-bond acceptors (Lipinski definition) is 4. The summed E-state index contributed by atoms with van der Waals surface area (Å²) in [4.78, 5) is 15.5. The SMILES string of the molecule is O=C(CSc1ccccc1)NC[C@@H]1CN2CCC[C@@H]2CO1. The molecule has 4 nitrogen and oxygen atoms in total. The van der Waals surface area contributed by atoms with Crippen LogP contribution in [0, 0.1) is 0 Å². The summed E-state index contributed by atoms with van der Waals surface area (Å²) >= 11 is 1.57. The van der Waals surface area contributed by atoms with Crippen molar-refractivity contribution in [2.75, 3.05) is 32.0 Å². The van der Waals surface area contributed by atoms with E-state index in [4.69, 9.17) is 4.74 Å². The van der Waals surface area contributed by atoms with E-state index >= 15 is 0 Å². The minimum absolute atomic E-state index is 0.0796. The summed E-state index contributed by atoms with van der Waals surface area (Å²) in [5.41, 5.74) is 0. The van der Waals surface area contributed by atoms with E-state index < -0.39 is 0 Å². The molecule has 2 atom stereocenters. The number of morpholine rings is 1. The van der Waals surface area contributed by atoms with E-state index in [0.717, 1.165) is 18.0 Å². The first kappa shape index (κ1) is 14.9. The molecule has 0 bridgehead atoms. The van der Waals surface area contributed by atoms with Gasteiger partial charge in [0.1, 0.15) is 0 Å². The summed E-state index contributed by atoms with van der Waals surface area (Å²) in [6, 6.07) is 10.6. The lowest BCUT2D eigenvalue weighted by Gasteiger charge is -2.35. The molecule has 1 amide bonds. The quantitative estimate of drug-likeness (QED) is 0.842. The van der Waals surface area contributed by atoms with Gasteiger partial charge in [0.05, 0.1) is 18.5 Å². The standard InChI is InChI=1S/C16H22N2O2S/c19-16(12-21-15-6-2-1-3-7-15)17-9-14-10-18-8-4-5-13(18)11-20-14/h1-3,6-7,13-14H,4-5,8-12H2,(H,17,19)/t13-,14-/m1/s1. The van der Waals surface area contributed by atoms with E-state index in [1.165, 1.54) is 19.4 Å². The van der Waals surface area contributed by atoms with Crippen LogP contribution < -0.4 is 5.32 Å². The third-order valence-electron chi connectivity index (χ3n) is 4.10. The predicted molar refractivity (Wildman–Crippen MR) is 84.5 cm³/mol. The van der Waals surface area contributed by atoms with Crippen molar-refractivity contribution in [1.82, 2.24) is 10.2 Å². The maximum atomic E-state index is 11.9. The first-order valence-corrected chi connectivity index (χ1v) is 8.60. The Kier molecular flexibility index (Phi) is 5.17. The van der Waals surface area contributed by atoms with Gasteiger partial charge in [-0.15, -0.1) is 11.8 Å². The van der Waals surface area contributed by atoms with E-state index in [2.05, 4.69) is 10.2 Å². The summed E-state index contributed by atoms with van der Waals surface area (Å²) in [6.45, 7) is 3.58. The molecule has 2 aliphatic heterocycles. The Morgan fingerprint density at radius 3 is 3.10 bits per heavy atom. The molecule has 114 valence electrons. The number of nitrogens with zero attached hydrogens (tertiary/aromatic N) is 1. The van der Waals surface area contributed by atoms with Crippen LogP contribution in [-0.2, 0) is 9.53 Å². The Balaban J connectivity index is 1.36. The summed E-state index contributed by atoms with van der Waals surface area (Å²) in [7, 11) is 0. The van der Waals surface area contributed by atoms with Gasteiger partial charge in [-0.2, -0.15) is 0 Å². The fourth-order valence-electron chi connectivity index (χ4n) is 2.95. The predicted octanol–water partition coefficient (Wildman–Crippen LogP) is 1.76. The first-order valence-electron chi connectivity index (χ1n) is 7.61. The van der Waals surface area contributed by atoms with Crippen molar-refractivity contribution in [3.63, 3.8) is 0 Å². The number of fused-ring (bicyclic) bond motifs is 1. The van der Waals surface area contributed by atoms with Crippen molar-refractivity contribution in [2.24, 2.45) is 0 Å². The summed E-state index contributed by atoms with van der Waals surface area (Å²) in [5, 5.41) is 2.99. The fourth-order valence-corrected chi connectivity index (χ4v) is 3.70.